The van der Waals surface area contributed by atoms with Crippen LogP contribution in [-0.2, 0) is 25.8 Å². The number of carboxylic acid groups (broad SMARTS) is 1. The Balaban J connectivity index is 1.42. The molecule has 0 bridgehead atoms. The largest absolute Gasteiger partial charge is 0.480 e. The number of amides is 1. The highest BCUT2D eigenvalue weighted by Crippen LogP contribution is 2.32. The topological polar surface area (TPSA) is 126 Å². The van der Waals surface area contributed by atoms with Crippen LogP contribution in [0.4, 0.5) is 4.79 Å². The molecule has 0 radical (unpaired) electrons. The van der Waals surface area contributed by atoms with Crippen molar-refractivity contribution in [2.75, 3.05) is 6.61 Å². The molecule has 1 amide bonds. The number of carbonyl (C=O) groups is 2. The third-order valence-corrected chi connectivity index (χ3v) is 6.78. The molecule has 1 aliphatic heterocycles. The molecular formula is C21H18N2O6S. The highest BCUT2D eigenvalue weighted by molar-refractivity contribution is 7.95. The van der Waals surface area contributed by atoms with E-state index in [1.165, 1.54) is 12.1 Å². The Kier molecular flexibility index (Phi) is 5.04. The predicted molar refractivity (Wildman–Crippen MR) is 110 cm³/mol. The summed E-state index contributed by atoms with van der Waals surface area (Å²) in [4.78, 5) is 26.9. The number of nitrogens with one attached hydrogen (secondary N) is 2. The van der Waals surface area contributed by atoms with Gasteiger partial charge in [0.05, 0.1) is 9.80 Å². The third-order valence-electron chi connectivity index (χ3n) is 4.90. The predicted octanol–water partition coefficient (Wildman–Crippen LogP) is 2.72. The molecule has 3 N–H and O–H groups in total. The van der Waals surface area contributed by atoms with Gasteiger partial charge in [0.2, 0.25) is 9.84 Å². The lowest BCUT2D eigenvalue weighted by atomic mass is 10.1. The second-order valence-electron chi connectivity index (χ2n) is 6.83. The van der Waals surface area contributed by atoms with Crippen LogP contribution < -0.4 is 5.32 Å². The van der Waals surface area contributed by atoms with Crippen molar-refractivity contribution in [3.63, 3.8) is 0 Å². The number of carbonyl (C=O) groups excluding carboxylic acids is 1. The van der Waals surface area contributed by atoms with Gasteiger partial charge >= 0.3 is 12.1 Å². The Morgan fingerprint density at radius 3 is 2.60 bits per heavy atom. The van der Waals surface area contributed by atoms with Gasteiger partial charge in [-0.15, -0.1) is 0 Å². The first-order chi connectivity index (χ1) is 14.4. The van der Waals surface area contributed by atoms with Crippen LogP contribution >= 0.6 is 0 Å². The molecular weight excluding hydrogens is 408 g/mol. The minimum atomic E-state index is -3.72. The number of fused-ring (bicyclic) bond motifs is 2. The summed E-state index contributed by atoms with van der Waals surface area (Å²) >= 11 is 0. The lowest BCUT2D eigenvalue weighted by Gasteiger charge is -2.14. The summed E-state index contributed by atoms with van der Waals surface area (Å²) < 4.78 is 30.0. The van der Waals surface area contributed by atoms with Gasteiger partial charge in [-0.05, 0) is 29.3 Å². The molecule has 0 saturated heterocycles. The Labute approximate surface area is 172 Å². The molecule has 0 aliphatic carbocycles. The minimum Gasteiger partial charge on any atom is -0.480 e. The Hall–Kier alpha value is -3.59. The van der Waals surface area contributed by atoms with Crippen molar-refractivity contribution in [3.8, 4) is 0 Å². The number of alkyl carbamates (subject to hydrolysis) is 1. The summed E-state index contributed by atoms with van der Waals surface area (Å²) in [5.41, 5.74) is 2.12. The van der Waals surface area contributed by atoms with Crippen LogP contribution in [0.5, 0.6) is 0 Å². The lowest BCUT2D eigenvalue weighted by molar-refractivity contribution is -0.139. The van der Waals surface area contributed by atoms with Crippen molar-refractivity contribution < 1.29 is 27.9 Å². The number of hydrogen-bond donors (Lipinski definition) is 3. The molecule has 2 aromatic carbocycles. The van der Waals surface area contributed by atoms with E-state index in [4.69, 9.17) is 4.74 Å². The lowest BCUT2D eigenvalue weighted by Crippen LogP contribution is -2.42. The van der Waals surface area contributed by atoms with Gasteiger partial charge in [0, 0.05) is 23.5 Å². The molecule has 9 heteroatoms. The van der Waals surface area contributed by atoms with Gasteiger partial charge < -0.3 is 20.1 Å². The van der Waals surface area contributed by atoms with E-state index in [2.05, 4.69) is 10.3 Å². The molecule has 1 atom stereocenters. The van der Waals surface area contributed by atoms with Crippen molar-refractivity contribution in [3.05, 3.63) is 70.8 Å². The van der Waals surface area contributed by atoms with E-state index in [0.717, 1.165) is 16.5 Å². The van der Waals surface area contributed by atoms with Gasteiger partial charge in [0.15, 0.2) is 0 Å². The van der Waals surface area contributed by atoms with Crippen LogP contribution in [0.3, 0.4) is 0 Å². The molecule has 154 valence electrons. The maximum absolute atomic E-state index is 12.5. The zero-order valence-corrected chi connectivity index (χ0v) is 16.5. The normalized spacial score (nSPS) is 15.3. The van der Waals surface area contributed by atoms with Crippen molar-refractivity contribution in [1.29, 1.82) is 0 Å². The zero-order chi connectivity index (χ0) is 21.3. The van der Waals surface area contributed by atoms with E-state index >= 15 is 0 Å². The number of rotatable bonds is 6. The number of aliphatic carboxylic acids is 1. The highest BCUT2D eigenvalue weighted by atomic mass is 32.2. The van der Waals surface area contributed by atoms with Gasteiger partial charge in [-0.25, -0.2) is 18.0 Å². The molecule has 0 spiro atoms. The highest BCUT2D eigenvalue weighted by Gasteiger charge is 2.30. The molecule has 1 unspecified atom stereocenters. The fourth-order valence-corrected chi connectivity index (χ4v) is 4.87. The average Bonchev–Trinajstić information content (AvgIpc) is 3.24. The summed E-state index contributed by atoms with van der Waals surface area (Å²) in [5.74, 6) is -1.22. The summed E-state index contributed by atoms with van der Waals surface area (Å²) in [6.07, 6.45) is 2.18. The van der Waals surface area contributed by atoms with E-state index in [0.29, 0.717) is 5.56 Å². The number of aromatic amines is 1. The Morgan fingerprint density at radius 1 is 1.10 bits per heavy atom. The molecule has 1 aliphatic rings. The van der Waals surface area contributed by atoms with Crippen LogP contribution in [0, 0.1) is 0 Å². The summed E-state index contributed by atoms with van der Waals surface area (Å²) in [6, 6.07) is 12.6. The molecule has 2 heterocycles. The molecule has 8 nitrogen and oxygen atoms in total. The van der Waals surface area contributed by atoms with Crippen LogP contribution in [-0.4, -0.2) is 43.2 Å². The number of ether oxygens (including phenoxy) is 1. The van der Waals surface area contributed by atoms with Gasteiger partial charge in [0.25, 0.3) is 0 Å². The molecule has 0 fully saturated rings. The monoisotopic (exact) mass is 426 g/mol. The van der Waals surface area contributed by atoms with E-state index in [-0.39, 0.29) is 16.2 Å². The third kappa shape index (κ3) is 3.67. The second kappa shape index (κ2) is 7.68. The number of benzene rings is 2. The summed E-state index contributed by atoms with van der Waals surface area (Å²) in [6.45, 7) is -0.484. The van der Waals surface area contributed by atoms with Crippen molar-refractivity contribution in [2.24, 2.45) is 0 Å². The van der Waals surface area contributed by atoms with Gasteiger partial charge in [0.1, 0.15) is 12.6 Å². The van der Waals surface area contributed by atoms with Crippen molar-refractivity contribution in [1.82, 2.24) is 10.3 Å². The number of aromatic nitrogens is 1. The van der Waals surface area contributed by atoms with E-state index in [1.807, 2.05) is 24.3 Å². The number of para-hydroxylation sites is 1. The maximum atomic E-state index is 12.5. The maximum Gasteiger partial charge on any atom is 0.408 e. The standard InChI is InChI=1S/C21H18N2O6S/c24-20(25)18(10-14-11-22-17-7-3-2-6-16(14)17)23-21(26)29-12-15-9-13-5-1-4-8-19(13)30(15,27)28/h1-9,11,18,22H,10,12H2,(H,23,26)(H,24,25). The van der Waals surface area contributed by atoms with Crippen LogP contribution in [0.25, 0.3) is 17.0 Å². The average molecular weight is 426 g/mol. The number of sulfone groups is 1. The van der Waals surface area contributed by atoms with E-state index < -0.39 is 34.5 Å². The van der Waals surface area contributed by atoms with Gasteiger partial charge in [-0.2, -0.15) is 0 Å². The van der Waals surface area contributed by atoms with Crippen molar-refractivity contribution in [2.45, 2.75) is 17.4 Å². The molecule has 3 aromatic rings. The minimum absolute atomic E-state index is 0.0425. The first-order valence-corrected chi connectivity index (χ1v) is 10.6. The Bertz CT molecular complexity index is 1280. The zero-order valence-electron chi connectivity index (χ0n) is 15.7. The van der Waals surface area contributed by atoms with Crippen LogP contribution in [0.2, 0.25) is 0 Å². The van der Waals surface area contributed by atoms with Crippen molar-refractivity contribution >= 4 is 38.9 Å². The molecule has 30 heavy (non-hydrogen) atoms. The fourth-order valence-electron chi connectivity index (χ4n) is 3.40. The first-order valence-electron chi connectivity index (χ1n) is 9.12. The van der Waals surface area contributed by atoms with Crippen LogP contribution in [0.15, 0.2) is 64.5 Å². The first kappa shape index (κ1) is 19.7. The Morgan fingerprint density at radius 2 is 1.83 bits per heavy atom. The van der Waals surface area contributed by atoms with E-state index in [1.54, 1.807) is 24.4 Å². The number of carboxylic acids is 1. The molecule has 1 aromatic heterocycles. The van der Waals surface area contributed by atoms with Gasteiger partial charge in [-0.1, -0.05) is 36.4 Å². The molecule has 0 saturated carbocycles. The SMILES string of the molecule is O=C(NC(Cc1c[nH]c2ccccc12)C(=O)O)OCC1=Cc2ccccc2S1(=O)=O. The van der Waals surface area contributed by atoms with Crippen LogP contribution in [0.1, 0.15) is 11.1 Å². The van der Waals surface area contributed by atoms with E-state index in [9.17, 15) is 23.1 Å². The number of hydrogen-bond acceptors (Lipinski definition) is 5. The van der Waals surface area contributed by atoms with Gasteiger partial charge in [-0.3, -0.25) is 0 Å². The quantitative estimate of drug-likeness (QED) is 0.556. The summed E-state index contributed by atoms with van der Waals surface area (Å²) in [7, 11) is -3.72. The summed E-state index contributed by atoms with van der Waals surface area (Å²) in [5, 5.41) is 12.6. The fraction of sp³-hybridized carbons (Fsp3) is 0.143. The number of H-pyrrole nitrogens is 1. The second-order valence-corrected chi connectivity index (χ2v) is 8.80. The smallest absolute Gasteiger partial charge is 0.408 e. The molecule has 4 rings (SSSR count).